The Labute approximate surface area is 173 Å². The fourth-order valence-corrected chi connectivity index (χ4v) is 3.84. The molecule has 0 aromatic heterocycles. The van der Waals surface area contributed by atoms with Crippen molar-refractivity contribution in [2.45, 2.75) is 48.7 Å². The molecule has 2 aromatic carbocycles. The van der Waals surface area contributed by atoms with Gasteiger partial charge in [-0.3, -0.25) is 0 Å². The van der Waals surface area contributed by atoms with Crippen LogP contribution in [0.2, 0.25) is 18.1 Å². The molecule has 0 saturated carbocycles. The first-order valence-corrected chi connectivity index (χ1v) is 14.6. The van der Waals surface area contributed by atoms with Gasteiger partial charge in [0.2, 0.25) is 28.4 Å². The summed E-state index contributed by atoms with van der Waals surface area (Å²) >= 11 is 0. The Morgan fingerprint density at radius 2 is 1.14 bits per heavy atom. The predicted octanol–water partition coefficient (Wildman–Crippen LogP) is 2.76. The molecular formula is C18H28N2O6S2Si. The molecule has 0 amide bonds. The van der Waals surface area contributed by atoms with Crippen molar-refractivity contribution in [1.29, 1.82) is 0 Å². The van der Waals surface area contributed by atoms with Gasteiger partial charge in [-0.1, -0.05) is 20.8 Å². The third kappa shape index (κ3) is 7.78. The van der Waals surface area contributed by atoms with Crippen LogP contribution in [0.1, 0.15) is 20.8 Å². The molecule has 0 spiro atoms. The minimum atomic E-state index is -3.64. The van der Waals surface area contributed by atoms with Gasteiger partial charge < -0.3 is 9.53 Å². The van der Waals surface area contributed by atoms with Gasteiger partial charge in [-0.05, 0) is 66.7 Å². The molecule has 0 bridgehead atoms. The summed E-state index contributed by atoms with van der Waals surface area (Å²) in [4.78, 5) is 0.0976. The lowest BCUT2D eigenvalue weighted by Crippen LogP contribution is -2.43. The molecule has 11 heteroatoms. The van der Waals surface area contributed by atoms with E-state index >= 15 is 0 Å². The molecular weight excluding hydrogens is 432 g/mol. The van der Waals surface area contributed by atoms with Crippen LogP contribution in [0.5, 0.6) is 11.5 Å². The molecule has 0 unspecified atom stereocenters. The first-order chi connectivity index (χ1) is 12.9. The molecule has 0 aliphatic carbocycles. The summed E-state index contributed by atoms with van der Waals surface area (Å²) in [5.74, 6) is 0.700. The molecule has 0 saturated heterocycles. The summed E-state index contributed by atoms with van der Waals surface area (Å²) in [6, 6.07) is 11.3. The molecule has 2 rings (SSSR count). The van der Waals surface area contributed by atoms with Gasteiger partial charge in [-0.25, -0.2) is 27.1 Å². The second kappa shape index (κ2) is 8.84. The topological polar surface area (TPSA) is 150 Å². The van der Waals surface area contributed by atoms with Crippen LogP contribution in [-0.2, 0) is 20.0 Å². The van der Waals surface area contributed by atoms with Crippen molar-refractivity contribution in [3.63, 3.8) is 0 Å². The van der Waals surface area contributed by atoms with Gasteiger partial charge in [-0.15, -0.1) is 0 Å². The van der Waals surface area contributed by atoms with Crippen LogP contribution in [0.15, 0.2) is 58.3 Å². The molecule has 5 N–H and O–H groups in total. The maximum atomic E-state index is 11.1. The highest BCUT2D eigenvalue weighted by Gasteiger charge is 2.38. The lowest BCUT2D eigenvalue weighted by atomic mass is 10.2. The van der Waals surface area contributed by atoms with E-state index in [9.17, 15) is 16.8 Å². The molecule has 29 heavy (non-hydrogen) atoms. The van der Waals surface area contributed by atoms with Gasteiger partial charge in [0, 0.05) is 0 Å². The number of nitrogens with two attached hydrogens (primary N) is 2. The second-order valence-corrected chi connectivity index (χ2v) is 15.8. The largest absolute Gasteiger partial charge is 0.544 e. The van der Waals surface area contributed by atoms with Crippen LogP contribution in [-0.4, -0.2) is 30.3 Å². The van der Waals surface area contributed by atoms with Crippen molar-refractivity contribution in [3.05, 3.63) is 48.5 Å². The Balaban J connectivity index is 0.000000326. The van der Waals surface area contributed by atoms with E-state index in [1.807, 2.05) is 0 Å². The number of hydrogen-bond acceptors (Lipinski definition) is 6. The van der Waals surface area contributed by atoms with E-state index in [0.29, 0.717) is 5.75 Å². The number of benzene rings is 2. The van der Waals surface area contributed by atoms with Gasteiger partial charge >= 0.3 is 0 Å². The average molecular weight is 461 g/mol. The highest BCUT2D eigenvalue weighted by atomic mass is 32.2. The van der Waals surface area contributed by atoms with Crippen molar-refractivity contribution in [3.8, 4) is 11.5 Å². The van der Waals surface area contributed by atoms with Crippen LogP contribution in [0.4, 0.5) is 0 Å². The molecule has 0 radical (unpaired) electrons. The minimum Gasteiger partial charge on any atom is -0.544 e. The number of sulfonamides is 2. The minimum absolute atomic E-state index is 0.00435. The third-order valence-electron chi connectivity index (χ3n) is 4.50. The zero-order chi connectivity index (χ0) is 22.7. The van der Waals surface area contributed by atoms with E-state index in [2.05, 4.69) is 33.9 Å². The zero-order valence-corrected chi connectivity index (χ0v) is 19.7. The predicted molar refractivity (Wildman–Crippen MR) is 115 cm³/mol. The molecule has 0 heterocycles. The molecule has 0 aliphatic rings. The first-order valence-electron chi connectivity index (χ1n) is 8.57. The quantitative estimate of drug-likeness (QED) is 0.597. The zero-order valence-electron chi connectivity index (χ0n) is 17.1. The maximum absolute atomic E-state index is 11.1. The van der Waals surface area contributed by atoms with Crippen LogP contribution in [0, 0.1) is 0 Å². The normalized spacial score (nSPS) is 12.7. The number of primary sulfonamides is 2. The van der Waals surface area contributed by atoms with Crippen LogP contribution < -0.4 is 14.7 Å². The Morgan fingerprint density at radius 1 is 0.793 bits per heavy atom. The van der Waals surface area contributed by atoms with Crippen molar-refractivity contribution >= 4 is 28.4 Å². The number of rotatable bonds is 4. The fourth-order valence-electron chi connectivity index (χ4n) is 1.78. The average Bonchev–Trinajstić information content (AvgIpc) is 2.53. The summed E-state index contributed by atoms with van der Waals surface area (Å²) in [5.41, 5.74) is 0. The molecule has 2 aromatic rings. The van der Waals surface area contributed by atoms with E-state index in [1.54, 1.807) is 12.1 Å². The second-order valence-electron chi connectivity index (χ2n) is 7.92. The van der Waals surface area contributed by atoms with E-state index < -0.39 is 28.4 Å². The molecule has 162 valence electrons. The number of hydrogen-bond donors (Lipinski definition) is 3. The SMILES string of the molecule is CC(C)(C)[Si](C)(C)Oc1ccc(S(N)(=O)=O)cc1.NS(=O)(=O)c1ccc(O)cc1. The van der Waals surface area contributed by atoms with Gasteiger partial charge in [0.15, 0.2) is 0 Å². The number of phenolic OH excluding ortho intramolecular Hbond substituents is 1. The van der Waals surface area contributed by atoms with Crippen LogP contribution >= 0.6 is 0 Å². The number of aromatic hydroxyl groups is 1. The maximum Gasteiger partial charge on any atom is 0.250 e. The molecule has 0 aliphatic heterocycles. The third-order valence-corrected chi connectivity index (χ3v) is 10.7. The van der Waals surface area contributed by atoms with E-state index in [0.717, 1.165) is 0 Å². The summed E-state index contributed by atoms with van der Waals surface area (Å²) in [6.45, 7) is 10.7. The van der Waals surface area contributed by atoms with Gasteiger partial charge in [0.25, 0.3) is 0 Å². The standard InChI is InChI=1S/C12H21NO3SSi.C6H7NO3S/c1-12(2,3)18(4,5)16-10-6-8-11(9-7-10)17(13,14)15;7-11(9,10)6-3-1-5(8)2-4-6/h6-9H,1-5H3,(H2,13,14,15);1-4,8H,(H2,7,9,10). The Morgan fingerprint density at radius 3 is 1.45 bits per heavy atom. The van der Waals surface area contributed by atoms with Crippen molar-refractivity contribution < 1.29 is 26.4 Å². The monoisotopic (exact) mass is 460 g/mol. The molecule has 0 fully saturated rings. The smallest absolute Gasteiger partial charge is 0.250 e. The van der Waals surface area contributed by atoms with Crippen LogP contribution in [0.3, 0.4) is 0 Å². The van der Waals surface area contributed by atoms with Crippen molar-refractivity contribution in [2.24, 2.45) is 10.3 Å². The lowest BCUT2D eigenvalue weighted by Gasteiger charge is -2.36. The van der Waals surface area contributed by atoms with E-state index in [-0.39, 0.29) is 20.6 Å². The Hall–Kier alpha value is -1.92. The summed E-state index contributed by atoms with van der Waals surface area (Å²) in [7, 11) is -9.16. The molecule has 0 atom stereocenters. The Bertz CT molecular complexity index is 1030. The van der Waals surface area contributed by atoms with Gasteiger partial charge in [-0.2, -0.15) is 0 Å². The van der Waals surface area contributed by atoms with Gasteiger partial charge in [0.1, 0.15) is 11.5 Å². The fraction of sp³-hybridized carbons (Fsp3) is 0.333. The number of phenols is 1. The van der Waals surface area contributed by atoms with Crippen molar-refractivity contribution in [2.75, 3.05) is 0 Å². The van der Waals surface area contributed by atoms with Crippen molar-refractivity contribution in [1.82, 2.24) is 0 Å². The summed E-state index contributed by atoms with van der Waals surface area (Å²) in [6.07, 6.45) is 0. The molecule has 8 nitrogen and oxygen atoms in total. The van der Waals surface area contributed by atoms with Gasteiger partial charge in [0.05, 0.1) is 9.79 Å². The highest BCUT2D eigenvalue weighted by molar-refractivity contribution is 7.89. The summed E-state index contributed by atoms with van der Waals surface area (Å²) in [5, 5.41) is 18.7. The Kier molecular flexibility index (Phi) is 7.65. The van der Waals surface area contributed by atoms with E-state index in [1.165, 1.54) is 36.4 Å². The summed E-state index contributed by atoms with van der Waals surface area (Å²) < 4.78 is 49.6. The van der Waals surface area contributed by atoms with Crippen LogP contribution in [0.25, 0.3) is 0 Å². The van der Waals surface area contributed by atoms with E-state index in [4.69, 9.17) is 19.8 Å². The highest BCUT2D eigenvalue weighted by Crippen LogP contribution is 2.37. The lowest BCUT2D eigenvalue weighted by molar-refractivity contribution is 0.475. The first kappa shape index (κ1) is 25.1.